The van der Waals surface area contributed by atoms with E-state index in [-0.39, 0.29) is 11.3 Å². The van der Waals surface area contributed by atoms with Crippen LogP contribution in [0, 0.1) is 5.82 Å². The molecule has 0 aliphatic rings. The summed E-state index contributed by atoms with van der Waals surface area (Å²) in [5.41, 5.74) is -0.734. The van der Waals surface area contributed by atoms with Crippen LogP contribution in [0.4, 0.5) is 17.6 Å². The fraction of sp³-hybridized carbons (Fsp3) is 0.182. The van der Waals surface area contributed by atoms with Crippen molar-refractivity contribution < 1.29 is 22.0 Å². The fourth-order valence-electron chi connectivity index (χ4n) is 1.48. The van der Waals surface area contributed by atoms with Crippen LogP contribution in [0.3, 0.4) is 0 Å². The second-order valence-corrected chi connectivity index (χ2v) is 4.01. The molecule has 0 amide bonds. The highest BCUT2D eigenvalue weighted by Crippen LogP contribution is 2.35. The molecule has 2 rings (SSSR count). The van der Waals surface area contributed by atoms with Crippen molar-refractivity contribution in [3.05, 3.63) is 41.7 Å². The minimum absolute atomic E-state index is 0.135. The number of rotatable bonds is 2. The molecule has 0 aliphatic heterocycles. The third kappa shape index (κ3) is 2.40. The van der Waals surface area contributed by atoms with Gasteiger partial charge in [0, 0.05) is 10.9 Å². The molecule has 1 aromatic heterocycles. The first kappa shape index (κ1) is 13.1. The van der Waals surface area contributed by atoms with E-state index < -0.39 is 17.6 Å². The van der Waals surface area contributed by atoms with Crippen LogP contribution >= 0.6 is 15.9 Å². The van der Waals surface area contributed by atoms with Gasteiger partial charge in [-0.15, -0.1) is 0 Å². The van der Waals surface area contributed by atoms with Gasteiger partial charge in [0.25, 0.3) is 0 Å². The average molecular weight is 324 g/mol. The van der Waals surface area contributed by atoms with Gasteiger partial charge in [-0.1, -0.05) is 15.9 Å². The quantitative estimate of drug-likeness (QED) is 0.605. The number of hydrogen-bond donors (Lipinski definition) is 0. The van der Waals surface area contributed by atoms with Crippen LogP contribution in [0.15, 0.2) is 29.0 Å². The van der Waals surface area contributed by atoms with Crippen molar-refractivity contribution in [3.8, 4) is 11.3 Å². The Hall–Kier alpha value is -1.37. The number of aromatic nitrogens is 1. The molecule has 18 heavy (non-hydrogen) atoms. The van der Waals surface area contributed by atoms with Gasteiger partial charge in [0.15, 0.2) is 12.2 Å². The maximum Gasteiger partial charge on any atom is 0.419 e. The number of halogens is 5. The molecule has 0 saturated carbocycles. The van der Waals surface area contributed by atoms with Gasteiger partial charge >= 0.3 is 6.18 Å². The highest BCUT2D eigenvalue weighted by molar-refractivity contribution is 9.08. The van der Waals surface area contributed by atoms with Gasteiger partial charge in [-0.05, 0) is 18.2 Å². The average Bonchev–Trinajstić information content (AvgIpc) is 2.76. The monoisotopic (exact) mass is 323 g/mol. The van der Waals surface area contributed by atoms with Crippen LogP contribution in [0.5, 0.6) is 0 Å². The molecule has 0 fully saturated rings. The van der Waals surface area contributed by atoms with Crippen molar-refractivity contribution in [1.29, 1.82) is 0 Å². The number of alkyl halides is 4. The lowest BCUT2D eigenvalue weighted by Crippen LogP contribution is -2.08. The molecule has 2 aromatic rings. The largest absolute Gasteiger partial charge is 0.443 e. The molecule has 0 spiro atoms. The first-order chi connectivity index (χ1) is 8.43. The third-order valence-corrected chi connectivity index (χ3v) is 2.83. The number of nitrogens with zero attached hydrogens (tertiary/aromatic N) is 1. The lowest BCUT2D eigenvalue weighted by atomic mass is 10.1. The molecule has 96 valence electrons. The Balaban J connectivity index is 2.54. The minimum atomic E-state index is -4.74. The maximum absolute atomic E-state index is 13.1. The van der Waals surface area contributed by atoms with Crippen molar-refractivity contribution >= 4 is 15.9 Å². The summed E-state index contributed by atoms with van der Waals surface area (Å²) in [5.74, 6) is -1.12. The van der Waals surface area contributed by atoms with Crippen LogP contribution in [0.1, 0.15) is 11.3 Å². The summed E-state index contributed by atoms with van der Waals surface area (Å²) in [7, 11) is 0. The van der Waals surface area contributed by atoms with Gasteiger partial charge in [-0.3, -0.25) is 0 Å². The van der Waals surface area contributed by atoms with Crippen molar-refractivity contribution in [1.82, 2.24) is 4.98 Å². The van der Waals surface area contributed by atoms with E-state index in [0.717, 1.165) is 12.5 Å². The van der Waals surface area contributed by atoms with Crippen LogP contribution in [-0.4, -0.2) is 4.98 Å². The van der Waals surface area contributed by atoms with Crippen molar-refractivity contribution in [2.24, 2.45) is 0 Å². The molecular weight excluding hydrogens is 318 g/mol. The fourth-order valence-corrected chi connectivity index (χ4v) is 1.88. The summed E-state index contributed by atoms with van der Waals surface area (Å²) in [5, 5.41) is 0.331. The van der Waals surface area contributed by atoms with E-state index in [2.05, 4.69) is 20.9 Å². The topological polar surface area (TPSA) is 26.0 Å². The Morgan fingerprint density at radius 1 is 1.28 bits per heavy atom. The van der Waals surface area contributed by atoms with Crippen LogP contribution in [-0.2, 0) is 11.5 Å². The van der Waals surface area contributed by atoms with E-state index in [1.165, 1.54) is 6.07 Å². The van der Waals surface area contributed by atoms with Crippen molar-refractivity contribution in [2.75, 3.05) is 0 Å². The second kappa shape index (κ2) is 4.72. The van der Waals surface area contributed by atoms with Crippen molar-refractivity contribution in [2.45, 2.75) is 11.5 Å². The molecule has 0 aliphatic carbocycles. The second-order valence-electron chi connectivity index (χ2n) is 3.45. The zero-order valence-electron chi connectivity index (χ0n) is 8.76. The van der Waals surface area contributed by atoms with Gasteiger partial charge in [-0.25, -0.2) is 9.37 Å². The van der Waals surface area contributed by atoms with Gasteiger partial charge in [0.2, 0.25) is 0 Å². The molecule has 0 N–H and O–H groups in total. The number of oxazole rings is 1. The summed E-state index contributed by atoms with van der Waals surface area (Å²) in [6.45, 7) is 0. The molecule has 1 aromatic carbocycles. The zero-order chi connectivity index (χ0) is 13.3. The summed E-state index contributed by atoms with van der Waals surface area (Å²) in [6.07, 6.45) is -3.61. The Morgan fingerprint density at radius 3 is 2.61 bits per heavy atom. The van der Waals surface area contributed by atoms with Crippen LogP contribution in [0.25, 0.3) is 11.3 Å². The SMILES string of the molecule is Fc1ccc(-c2ocnc2CBr)cc1C(F)(F)F. The molecular formula is C11H6BrF4NO. The highest BCUT2D eigenvalue weighted by atomic mass is 79.9. The maximum atomic E-state index is 13.1. The normalized spacial score (nSPS) is 11.8. The Labute approximate surface area is 108 Å². The smallest absolute Gasteiger partial charge is 0.419 e. The predicted octanol–water partition coefficient (Wildman–Crippen LogP) is 4.39. The first-order valence-electron chi connectivity index (χ1n) is 4.79. The van der Waals surface area contributed by atoms with Crippen LogP contribution in [0.2, 0.25) is 0 Å². The molecule has 0 unspecified atom stereocenters. The Bertz CT molecular complexity index is 564. The van der Waals surface area contributed by atoms with Crippen molar-refractivity contribution in [3.63, 3.8) is 0 Å². The van der Waals surface area contributed by atoms with E-state index in [4.69, 9.17) is 4.42 Å². The summed E-state index contributed by atoms with van der Waals surface area (Å²) < 4.78 is 55.8. The summed E-state index contributed by atoms with van der Waals surface area (Å²) in [6, 6.07) is 2.69. The predicted molar refractivity (Wildman–Crippen MR) is 59.5 cm³/mol. The lowest BCUT2D eigenvalue weighted by molar-refractivity contribution is -0.139. The molecule has 1 heterocycles. The van der Waals surface area contributed by atoms with Gasteiger partial charge in [0.05, 0.1) is 11.3 Å². The molecule has 0 saturated heterocycles. The molecule has 0 bridgehead atoms. The lowest BCUT2D eigenvalue weighted by Gasteiger charge is -2.09. The Kier molecular flexibility index (Phi) is 3.43. The standard InChI is InChI=1S/C11H6BrF4NO/c12-4-9-10(18-5-17-9)6-1-2-8(13)7(3-6)11(14,15)16/h1-3,5H,4H2. The van der Waals surface area contributed by atoms with Crippen LogP contribution < -0.4 is 0 Å². The first-order valence-corrected chi connectivity index (χ1v) is 5.91. The minimum Gasteiger partial charge on any atom is -0.443 e. The summed E-state index contributed by atoms with van der Waals surface area (Å²) in [4.78, 5) is 3.84. The van der Waals surface area contributed by atoms with E-state index in [1.807, 2.05) is 0 Å². The van der Waals surface area contributed by atoms with E-state index >= 15 is 0 Å². The summed E-state index contributed by atoms with van der Waals surface area (Å²) >= 11 is 3.14. The molecule has 0 atom stereocenters. The molecule has 7 heteroatoms. The van der Waals surface area contributed by atoms with E-state index in [1.54, 1.807) is 0 Å². The number of hydrogen-bond acceptors (Lipinski definition) is 2. The zero-order valence-corrected chi connectivity index (χ0v) is 10.3. The van der Waals surface area contributed by atoms with E-state index in [9.17, 15) is 17.6 Å². The molecule has 2 nitrogen and oxygen atoms in total. The van der Waals surface area contributed by atoms with E-state index in [0.29, 0.717) is 17.1 Å². The highest BCUT2D eigenvalue weighted by Gasteiger charge is 2.34. The third-order valence-electron chi connectivity index (χ3n) is 2.30. The van der Waals surface area contributed by atoms with Gasteiger partial charge in [-0.2, -0.15) is 13.2 Å². The Morgan fingerprint density at radius 2 is 2.00 bits per heavy atom. The molecule has 0 radical (unpaired) electrons. The number of benzene rings is 1. The van der Waals surface area contributed by atoms with Gasteiger partial charge in [0.1, 0.15) is 5.82 Å². The van der Waals surface area contributed by atoms with Gasteiger partial charge < -0.3 is 4.42 Å².